The van der Waals surface area contributed by atoms with Gasteiger partial charge in [-0.05, 0) is 54.1 Å². The molecule has 1 atom stereocenters. The molecular formula is C23H15ClF5N3O4S. The van der Waals surface area contributed by atoms with Crippen LogP contribution < -0.4 is 15.8 Å². The van der Waals surface area contributed by atoms with Gasteiger partial charge >= 0.3 is 6.18 Å². The van der Waals surface area contributed by atoms with Crippen LogP contribution in [0.25, 0.3) is 0 Å². The summed E-state index contributed by atoms with van der Waals surface area (Å²) >= 11 is 6.19. The molecule has 0 aliphatic carbocycles. The molecule has 194 valence electrons. The number of fused-ring (bicyclic) bond motifs is 1. The second-order valence-electron chi connectivity index (χ2n) is 8.16. The Kier molecular flexibility index (Phi) is 6.73. The van der Waals surface area contributed by atoms with Gasteiger partial charge in [-0.2, -0.15) is 13.2 Å². The van der Waals surface area contributed by atoms with Gasteiger partial charge in [0.2, 0.25) is 10.0 Å². The molecular weight excluding hydrogens is 545 g/mol. The lowest BCUT2D eigenvalue weighted by atomic mass is 9.94. The molecule has 0 radical (unpaired) electrons. The van der Waals surface area contributed by atoms with Gasteiger partial charge in [0.25, 0.3) is 11.8 Å². The number of primary sulfonamides is 1. The summed E-state index contributed by atoms with van der Waals surface area (Å²) in [5.74, 6) is -4.69. The lowest BCUT2D eigenvalue weighted by molar-refractivity contribution is -0.137. The molecule has 4 rings (SSSR count). The van der Waals surface area contributed by atoms with Gasteiger partial charge in [0.1, 0.15) is 11.6 Å². The van der Waals surface area contributed by atoms with E-state index in [0.29, 0.717) is 12.1 Å². The van der Waals surface area contributed by atoms with Crippen molar-refractivity contribution in [3.8, 4) is 0 Å². The van der Waals surface area contributed by atoms with Gasteiger partial charge < -0.3 is 10.6 Å². The maximum absolute atomic E-state index is 14.0. The van der Waals surface area contributed by atoms with Crippen LogP contribution in [-0.2, 0) is 22.0 Å². The summed E-state index contributed by atoms with van der Waals surface area (Å²) in [6, 6.07) is 5.77. The van der Waals surface area contributed by atoms with Crippen LogP contribution >= 0.6 is 11.6 Å². The van der Waals surface area contributed by atoms with E-state index in [1.165, 1.54) is 12.1 Å². The highest BCUT2D eigenvalue weighted by molar-refractivity contribution is 7.88. The number of benzene rings is 3. The van der Waals surface area contributed by atoms with Crippen LogP contribution in [0.4, 0.5) is 27.6 Å². The maximum Gasteiger partial charge on any atom is 0.416 e. The van der Waals surface area contributed by atoms with Gasteiger partial charge in [0.15, 0.2) is 0 Å². The van der Waals surface area contributed by atoms with E-state index in [0.717, 1.165) is 18.2 Å². The minimum atomic E-state index is -4.94. The Morgan fingerprint density at radius 1 is 1.05 bits per heavy atom. The second kappa shape index (κ2) is 9.39. The summed E-state index contributed by atoms with van der Waals surface area (Å²) < 4.78 is 90.5. The van der Waals surface area contributed by atoms with Crippen LogP contribution in [0, 0.1) is 11.6 Å². The van der Waals surface area contributed by atoms with E-state index in [2.05, 4.69) is 10.6 Å². The Morgan fingerprint density at radius 2 is 1.76 bits per heavy atom. The largest absolute Gasteiger partial charge is 0.416 e. The average molecular weight is 560 g/mol. The lowest BCUT2D eigenvalue weighted by Gasteiger charge is -2.19. The predicted molar refractivity (Wildman–Crippen MR) is 123 cm³/mol. The van der Waals surface area contributed by atoms with E-state index in [4.69, 9.17) is 16.7 Å². The van der Waals surface area contributed by atoms with Gasteiger partial charge in [0.05, 0.1) is 17.4 Å². The maximum atomic E-state index is 14.0. The molecule has 2 amide bonds. The summed E-state index contributed by atoms with van der Waals surface area (Å²) in [5, 5.41) is 10.0. The monoisotopic (exact) mass is 559 g/mol. The zero-order chi connectivity index (χ0) is 27.3. The first-order chi connectivity index (χ1) is 17.1. The van der Waals surface area contributed by atoms with Crippen molar-refractivity contribution in [2.24, 2.45) is 5.14 Å². The molecule has 0 saturated carbocycles. The van der Waals surface area contributed by atoms with E-state index in [1.54, 1.807) is 0 Å². The van der Waals surface area contributed by atoms with Crippen molar-refractivity contribution in [3.05, 3.63) is 98.6 Å². The smallest absolute Gasteiger partial charge is 0.341 e. The minimum absolute atomic E-state index is 0.0343. The number of sulfonamides is 1. The fourth-order valence-corrected chi connectivity index (χ4v) is 4.82. The van der Waals surface area contributed by atoms with Crippen LogP contribution in [0.5, 0.6) is 0 Å². The van der Waals surface area contributed by atoms with Crippen molar-refractivity contribution in [2.45, 2.75) is 18.0 Å². The molecule has 14 heteroatoms. The predicted octanol–water partition coefficient (Wildman–Crippen LogP) is 4.51. The van der Waals surface area contributed by atoms with E-state index >= 15 is 0 Å². The summed E-state index contributed by atoms with van der Waals surface area (Å²) in [7, 11) is -4.10. The normalized spacial score (nSPS) is 15.3. The molecule has 3 aromatic rings. The van der Waals surface area contributed by atoms with Gasteiger partial charge in [0, 0.05) is 33.0 Å². The number of hydrogen-bond donors (Lipinski definition) is 3. The van der Waals surface area contributed by atoms with Gasteiger partial charge in [-0.3, -0.25) is 9.59 Å². The topological polar surface area (TPSA) is 118 Å². The van der Waals surface area contributed by atoms with E-state index < -0.39 is 62.6 Å². The highest BCUT2D eigenvalue weighted by atomic mass is 35.5. The molecule has 4 N–H and O–H groups in total. The first kappa shape index (κ1) is 26.5. The summed E-state index contributed by atoms with van der Waals surface area (Å²) in [4.78, 5) is 25.7. The van der Waals surface area contributed by atoms with Crippen molar-refractivity contribution >= 4 is 39.1 Å². The van der Waals surface area contributed by atoms with E-state index in [9.17, 15) is 40.0 Å². The third kappa shape index (κ3) is 5.73. The molecule has 1 heterocycles. The summed E-state index contributed by atoms with van der Waals surface area (Å²) in [6.07, 6.45) is -4.94. The molecule has 0 bridgehead atoms. The number of anilines is 1. The first-order valence-electron chi connectivity index (χ1n) is 10.2. The Labute approximate surface area is 211 Å². The van der Waals surface area contributed by atoms with Crippen LogP contribution in [0.2, 0.25) is 5.02 Å². The highest BCUT2D eigenvalue weighted by Gasteiger charge is 2.36. The van der Waals surface area contributed by atoms with Crippen molar-refractivity contribution in [1.82, 2.24) is 5.32 Å². The van der Waals surface area contributed by atoms with Crippen LogP contribution in [0.3, 0.4) is 0 Å². The minimum Gasteiger partial charge on any atom is -0.341 e. The molecule has 3 aromatic carbocycles. The SMILES string of the molecule is NS(=O)(=O)Cc1cc(NC(=O)c2cc(F)cc(C(F)(F)F)c2)c2c(c1)C(=O)N[C@@H]2c1cc(F)ccc1Cl. The zero-order valence-corrected chi connectivity index (χ0v) is 19.9. The number of halogens is 6. The first-order valence-corrected chi connectivity index (χ1v) is 12.3. The van der Waals surface area contributed by atoms with Gasteiger partial charge in [-0.1, -0.05) is 11.6 Å². The van der Waals surface area contributed by atoms with Crippen molar-refractivity contribution in [1.29, 1.82) is 0 Å². The molecule has 0 spiro atoms. The number of rotatable bonds is 5. The van der Waals surface area contributed by atoms with E-state index in [1.807, 2.05) is 0 Å². The number of nitrogens with one attached hydrogen (secondary N) is 2. The summed E-state index contributed by atoms with van der Waals surface area (Å²) in [5.41, 5.74) is -2.33. The van der Waals surface area contributed by atoms with Crippen LogP contribution in [-0.4, -0.2) is 20.2 Å². The van der Waals surface area contributed by atoms with Crippen molar-refractivity contribution in [2.75, 3.05) is 5.32 Å². The Bertz CT molecular complexity index is 1560. The molecule has 1 aliphatic heterocycles. The molecule has 0 aromatic heterocycles. The lowest BCUT2D eigenvalue weighted by Crippen LogP contribution is -2.21. The van der Waals surface area contributed by atoms with Crippen molar-refractivity contribution in [3.63, 3.8) is 0 Å². The number of nitrogens with two attached hydrogens (primary N) is 1. The number of carbonyl (C=O) groups is 2. The average Bonchev–Trinajstić information content (AvgIpc) is 3.09. The van der Waals surface area contributed by atoms with Gasteiger partial charge in [-0.15, -0.1) is 0 Å². The van der Waals surface area contributed by atoms with E-state index in [-0.39, 0.29) is 39.0 Å². The third-order valence-electron chi connectivity index (χ3n) is 5.42. The standard InChI is InChI=1S/C23H15ClF5N3O4S/c24-17-2-1-13(25)8-15(17)20-19-16(22(34)32-20)3-10(9-37(30,35)36)4-18(19)31-21(33)11-5-12(23(27,28)29)7-14(26)6-11/h1-8,20H,9H2,(H,31,33)(H,32,34)(H2,30,35,36)/t20-/m1/s1. The third-order valence-corrected chi connectivity index (χ3v) is 6.50. The van der Waals surface area contributed by atoms with Crippen LogP contribution in [0.1, 0.15) is 49.0 Å². The Balaban J connectivity index is 1.86. The molecule has 1 aliphatic rings. The molecule has 0 unspecified atom stereocenters. The number of alkyl halides is 3. The Morgan fingerprint density at radius 3 is 2.41 bits per heavy atom. The molecule has 0 fully saturated rings. The van der Waals surface area contributed by atoms with Crippen LogP contribution in [0.15, 0.2) is 48.5 Å². The highest BCUT2D eigenvalue weighted by Crippen LogP contribution is 2.40. The number of carbonyl (C=O) groups excluding carboxylic acids is 2. The molecule has 7 nitrogen and oxygen atoms in total. The fourth-order valence-electron chi connectivity index (χ4n) is 3.96. The number of amides is 2. The number of hydrogen-bond acceptors (Lipinski definition) is 4. The quantitative estimate of drug-likeness (QED) is 0.399. The van der Waals surface area contributed by atoms with Gasteiger partial charge in [-0.25, -0.2) is 22.3 Å². The zero-order valence-electron chi connectivity index (χ0n) is 18.3. The molecule has 37 heavy (non-hydrogen) atoms. The molecule has 0 saturated heterocycles. The summed E-state index contributed by atoms with van der Waals surface area (Å²) in [6.45, 7) is 0. The fraction of sp³-hybridized carbons (Fsp3) is 0.130. The Hall–Kier alpha value is -3.55. The second-order valence-corrected chi connectivity index (χ2v) is 10.2. The van der Waals surface area contributed by atoms with Crippen molar-refractivity contribution < 1.29 is 40.0 Å².